The number of carbonyl (C=O) groups is 1. The van der Waals surface area contributed by atoms with E-state index in [4.69, 9.17) is 16.3 Å². The number of nitrogens with one attached hydrogen (secondary N) is 2. The third-order valence-electron chi connectivity index (χ3n) is 3.60. The number of methoxy groups -OCH3 is 1. The van der Waals surface area contributed by atoms with Gasteiger partial charge in [-0.1, -0.05) is 17.7 Å². The van der Waals surface area contributed by atoms with Gasteiger partial charge in [-0.05, 0) is 36.4 Å². The fourth-order valence-corrected chi connectivity index (χ4v) is 2.58. The van der Waals surface area contributed by atoms with Gasteiger partial charge in [-0.25, -0.2) is 0 Å². The molecule has 0 spiro atoms. The van der Waals surface area contributed by atoms with E-state index in [0.717, 1.165) is 11.4 Å². The van der Waals surface area contributed by atoms with Gasteiger partial charge in [0.25, 0.3) is 5.91 Å². The predicted molar refractivity (Wildman–Crippen MR) is 101 cm³/mol. The maximum absolute atomic E-state index is 12.3. The molecule has 0 unspecified atom stereocenters. The highest BCUT2D eigenvalue weighted by Crippen LogP contribution is 2.28. The van der Waals surface area contributed by atoms with Crippen molar-refractivity contribution < 1.29 is 9.53 Å². The molecule has 2 aromatic heterocycles. The van der Waals surface area contributed by atoms with Crippen LogP contribution in [-0.2, 0) is 6.54 Å². The number of rotatable bonds is 6. The Labute approximate surface area is 156 Å². The molecule has 0 aliphatic rings. The van der Waals surface area contributed by atoms with E-state index in [-0.39, 0.29) is 5.91 Å². The van der Waals surface area contributed by atoms with E-state index in [9.17, 15) is 4.79 Å². The van der Waals surface area contributed by atoms with Crippen molar-refractivity contribution in [2.24, 2.45) is 0 Å². The molecule has 0 fully saturated rings. The number of amides is 1. The van der Waals surface area contributed by atoms with E-state index in [0.29, 0.717) is 28.6 Å². The molecule has 1 amide bonds. The predicted octanol–water partition coefficient (Wildman–Crippen LogP) is 3.81. The Bertz CT molecular complexity index is 903. The number of benzene rings is 1. The van der Waals surface area contributed by atoms with Crippen molar-refractivity contribution >= 4 is 28.9 Å². The van der Waals surface area contributed by atoms with Crippen LogP contribution in [0.2, 0.25) is 5.02 Å². The summed E-state index contributed by atoms with van der Waals surface area (Å²) < 4.78 is 5.13. The number of hydrogen-bond acceptors (Lipinski definition) is 5. The Morgan fingerprint density at radius 1 is 1.15 bits per heavy atom. The highest BCUT2D eigenvalue weighted by atomic mass is 35.5. The zero-order valence-electron chi connectivity index (χ0n) is 14.1. The zero-order valence-corrected chi connectivity index (χ0v) is 14.8. The Morgan fingerprint density at radius 2 is 2.04 bits per heavy atom. The van der Waals surface area contributed by atoms with Gasteiger partial charge in [-0.3, -0.25) is 14.8 Å². The molecule has 0 radical (unpaired) electrons. The minimum absolute atomic E-state index is 0.223. The molecule has 0 saturated carbocycles. The van der Waals surface area contributed by atoms with Gasteiger partial charge in [0.15, 0.2) is 0 Å². The average molecular weight is 369 g/mol. The molecule has 0 aliphatic carbocycles. The molecule has 2 N–H and O–H groups in total. The van der Waals surface area contributed by atoms with Crippen LogP contribution in [0.5, 0.6) is 5.75 Å². The second-order valence-electron chi connectivity index (χ2n) is 5.44. The fourth-order valence-electron chi connectivity index (χ4n) is 2.32. The van der Waals surface area contributed by atoms with Gasteiger partial charge in [0.2, 0.25) is 0 Å². The lowest BCUT2D eigenvalue weighted by molar-refractivity contribution is 0.0950. The van der Waals surface area contributed by atoms with Crippen molar-refractivity contribution in [2.45, 2.75) is 6.54 Å². The standard InChI is InChI=1S/C19H17ClN4O2/c1-26-18-6-5-14(9-17(18)20)24-16-8-13(10-21-11-16)19(25)23-12-15-4-2-3-7-22-15/h2-11,24H,12H2,1H3,(H,23,25). The lowest BCUT2D eigenvalue weighted by Gasteiger charge is -2.10. The molecule has 0 bridgehead atoms. The normalized spacial score (nSPS) is 10.2. The number of ether oxygens (including phenoxy) is 1. The van der Waals surface area contributed by atoms with Gasteiger partial charge in [0.05, 0.1) is 41.8 Å². The molecule has 3 aromatic rings. The van der Waals surface area contributed by atoms with Crippen LogP contribution in [0.1, 0.15) is 16.1 Å². The van der Waals surface area contributed by atoms with Crippen LogP contribution in [0.4, 0.5) is 11.4 Å². The van der Waals surface area contributed by atoms with E-state index < -0.39 is 0 Å². The molecule has 2 heterocycles. The fraction of sp³-hybridized carbons (Fsp3) is 0.105. The number of aromatic nitrogens is 2. The minimum Gasteiger partial charge on any atom is -0.495 e. The van der Waals surface area contributed by atoms with Crippen LogP contribution >= 0.6 is 11.6 Å². The number of pyridine rings is 2. The Balaban J connectivity index is 1.67. The topological polar surface area (TPSA) is 76.1 Å². The van der Waals surface area contributed by atoms with E-state index in [1.54, 1.807) is 37.7 Å². The Hall–Kier alpha value is -3.12. The Morgan fingerprint density at radius 3 is 2.77 bits per heavy atom. The highest BCUT2D eigenvalue weighted by molar-refractivity contribution is 6.32. The first-order chi connectivity index (χ1) is 12.7. The summed E-state index contributed by atoms with van der Waals surface area (Å²) in [6.45, 7) is 0.353. The van der Waals surface area contributed by atoms with Gasteiger partial charge in [-0.2, -0.15) is 0 Å². The second kappa shape index (κ2) is 8.31. The zero-order chi connectivity index (χ0) is 18.4. The lowest BCUT2D eigenvalue weighted by Crippen LogP contribution is -2.23. The molecule has 26 heavy (non-hydrogen) atoms. The van der Waals surface area contributed by atoms with Gasteiger partial charge < -0.3 is 15.4 Å². The van der Waals surface area contributed by atoms with Crippen molar-refractivity contribution in [1.82, 2.24) is 15.3 Å². The van der Waals surface area contributed by atoms with Crippen molar-refractivity contribution in [2.75, 3.05) is 12.4 Å². The van der Waals surface area contributed by atoms with Crippen molar-refractivity contribution in [3.63, 3.8) is 0 Å². The lowest BCUT2D eigenvalue weighted by atomic mass is 10.2. The molecule has 0 saturated heterocycles. The van der Waals surface area contributed by atoms with Crippen LogP contribution in [0.15, 0.2) is 61.1 Å². The first-order valence-electron chi connectivity index (χ1n) is 7.89. The molecular weight excluding hydrogens is 352 g/mol. The molecular formula is C19H17ClN4O2. The summed E-state index contributed by atoms with van der Waals surface area (Å²) in [6, 6.07) is 12.6. The summed E-state index contributed by atoms with van der Waals surface area (Å²) in [4.78, 5) is 20.6. The van der Waals surface area contributed by atoms with Crippen LogP contribution in [0.25, 0.3) is 0 Å². The molecule has 0 aliphatic heterocycles. The number of carbonyl (C=O) groups excluding carboxylic acids is 1. The minimum atomic E-state index is -0.223. The average Bonchev–Trinajstić information content (AvgIpc) is 2.67. The quantitative estimate of drug-likeness (QED) is 0.691. The van der Waals surface area contributed by atoms with E-state index in [1.807, 2.05) is 24.3 Å². The molecule has 0 atom stereocenters. The van der Waals surface area contributed by atoms with Crippen LogP contribution < -0.4 is 15.4 Å². The first kappa shape index (κ1) is 17.7. The maximum atomic E-state index is 12.3. The van der Waals surface area contributed by atoms with E-state index in [1.165, 1.54) is 6.20 Å². The second-order valence-corrected chi connectivity index (χ2v) is 5.85. The third kappa shape index (κ3) is 4.49. The summed E-state index contributed by atoms with van der Waals surface area (Å²) in [6.07, 6.45) is 4.83. The number of hydrogen-bond donors (Lipinski definition) is 2. The largest absolute Gasteiger partial charge is 0.495 e. The number of nitrogens with zero attached hydrogens (tertiary/aromatic N) is 2. The highest BCUT2D eigenvalue weighted by Gasteiger charge is 2.08. The molecule has 6 nitrogen and oxygen atoms in total. The monoisotopic (exact) mass is 368 g/mol. The SMILES string of the molecule is COc1ccc(Nc2cncc(C(=O)NCc3ccccn3)c2)cc1Cl. The molecule has 132 valence electrons. The van der Waals surface area contributed by atoms with Gasteiger partial charge in [0.1, 0.15) is 5.75 Å². The molecule has 1 aromatic carbocycles. The van der Waals surface area contributed by atoms with E-state index in [2.05, 4.69) is 20.6 Å². The first-order valence-corrected chi connectivity index (χ1v) is 8.27. The van der Waals surface area contributed by atoms with Crippen LogP contribution in [0.3, 0.4) is 0 Å². The summed E-state index contributed by atoms with van der Waals surface area (Å²) in [5.41, 5.74) is 2.68. The maximum Gasteiger partial charge on any atom is 0.253 e. The van der Waals surface area contributed by atoms with Gasteiger partial charge in [-0.15, -0.1) is 0 Å². The summed E-state index contributed by atoms with van der Waals surface area (Å²) in [7, 11) is 1.56. The smallest absolute Gasteiger partial charge is 0.253 e. The summed E-state index contributed by atoms with van der Waals surface area (Å²) >= 11 is 6.13. The molecule has 3 rings (SSSR count). The number of anilines is 2. The Kier molecular flexibility index (Phi) is 5.66. The van der Waals surface area contributed by atoms with Crippen molar-refractivity contribution in [1.29, 1.82) is 0 Å². The van der Waals surface area contributed by atoms with Crippen LogP contribution in [-0.4, -0.2) is 23.0 Å². The van der Waals surface area contributed by atoms with Crippen molar-refractivity contribution in [3.05, 3.63) is 77.3 Å². The van der Waals surface area contributed by atoms with E-state index >= 15 is 0 Å². The van der Waals surface area contributed by atoms with Crippen molar-refractivity contribution in [3.8, 4) is 5.75 Å². The summed E-state index contributed by atoms with van der Waals surface area (Å²) in [5.74, 6) is 0.373. The number of halogens is 1. The van der Waals surface area contributed by atoms with Crippen LogP contribution in [0, 0.1) is 0 Å². The van der Waals surface area contributed by atoms with Gasteiger partial charge in [0, 0.05) is 18.1 Å². The third-order valence-corrected chi connectivity index (χ3v) is 3.89. The van der Waals surface area contributed by atoms with Gasteiger partial charge >= 0.3 is 0 Å². The summed E-state index contributed by atoms with van der Waals surface area (Å²) in [5, 5.41) is 6.49. The molecule has 7 heteroatoms.